The number of amides is 1. The van der Waals surface area contributed by atoms with Crippen LogP contribution in [0.3, 0.4) is 0 Å². The van der Waals surface area contributed by atoms with Gasteiger partial charge in [-0.05, 0) is 42.5 Å². The van der Waals surface area contributed by atoms with Crippen molar-refractivity contribution in [2.24, 2.45) is 0 Å². The Labute approximate surface area is 145 Å². The maximum absolute atomic E-state index is 13.0. The number of nitrogens with zero attached hydrogens (tertiary/aromatic N) is 2. The molecule has 0 aromatic heterocycles. The lowest BCUT2D eigenvalue weighted by atomic mass is 10.1. The minimum Gasteiger partial charge on any atom is -0.495 e. The van der Waals surface area contributed by atoms with Crippen molar-refractivity contribution in [2.45, 2.75) is 0 Å². The number of methoxy groups -OCH3 is 1. The summed E-state index contributed by atoms with van der Waals surface area (Å²) < 4.78 is 18.1. The summed E-state index contributed by atoms with van der Waals surface area (Å²) in [6, 6.07) is 11.5. The van der Waals surface area contributed by atoms with Crippen LogP contribution in [-0.2, 0) is 0 Å². The molecule has 1 saturated heterocycles. The molecule has 1 aliphatic rings. The molecule has 24 heavy (non-hydrogen) atoms. The largest absolute Gasteiger partial charge is 0.495 e. The molecule has 0 atom stereocenters. The maximum Gasteiger partial charge on any atom is 0.254 e. The van der Waals surface area contributed by atoms with Crippen molar-refractivity contribution in [3.63, 3.8) is 0 Å². The van der Waals surface area contributed by atoms with E-state index in [9.17, 15) is 9.18 Å². The normalized spacial score (nSPS) is 14.6. The quantitative estimate of drug-likeness (QED) is 0.851. The Morgan fingerprint density at radius 3 is 2.33 bits per heavy atom. The van der Waals surface area contributed by atoms with Crippen molar-refractivity contribution < 1.29 is 13.9 Å². The van der Waals surface area contributed by atoms with Gasteiger partial charge in [-0.2, -0.15) is 0 Å². The van der Waals surface area contributed by atoms with Crippen molar-refractivity contribution >= 4 is 23.2 Å². The number of benzene rings is 2. The topological polar surface area (TPSA) is 32.8 Å². The molecule has 0 saturated carbocycles. The Kier molecular flexibility index (Phi) is 4.90. The van der Waals surface area contributed by atoms with Crippen LogP contribution in [0.4, 0.5) is 10.1 Å². The highest BCUT2D eigenvalue weighted by Gasteiger charge is 2.23. The number of hydrogen-bond acceptors (Lipinski definition) is 3. The van der Waals surface area contributed by atoms with Gasteiger partial charge in [-0.25, -0.2) is 4.39 Å². The first kappa shape index (κ1) is 16.6. The smallest absolute Gasteiger partial charge is 0.254 e. The van der Waals surface area contributed by atoms with E-state index in [1.54, 1.807) is 35.2 Å². The van der Waals surface area contributed by atoms with Gasteiger partial charge in [0.25, 0.3) is 5.91 Å². The molecule has 2 aromatic carbocycles. The average molecular weight is 349 g/mol. The Balaban J connectivity index is 1.64. The highest BCUT2D eigenvalue weighted by Crippen LogP contribution is 2.26. The van der Waals surface area contributed by atoms with E-state index in [1.807, 2.05) is 0 Å². The number of piperazine rings is 1. The number of rotatable bonds is 3. The first-order valence-electron chi connectivity index (χ1n) is 7.72. The summed E-state index contributed by atoms with van der Waals surface area (Å²) in [7, 11) is 1.54. The molecule has 0 bridgehead atoms. The lowest BCUT2D eigenvalue weighted by Gasteiger charge is -2.36. The molecule has 1 fully saturated rings. The molecule has 1 heterocycles. The molecule has 0 aliphatic carbocycles. The van der Waals surface area contributed by atoms with Gasteiger partial charge in [0.15, 0.2) is 0 Å². The van der Waals surface area contributed by atoms with Crippen LogP contribution in [0.5, 0.6) is 5.75 Å². The Morgan fingerprint density at radius 2 is 1.75 bits per heavy atom. The minimum absolute atomic E-state index is 0.0432. The predicted molar refractivity (Wildman–Crippen MR) is 92.5 cm³/mol. The van der Waals surface area contributed by atoms with Crippen LogP contribution in [-0.4, -0.2) is 44.1 Å². The molecule has 1 amide bonds. The Hall–Kier alpha value is -2.27. The Bertz CT molecular complexity index is 728. The zero-order valence-corrected chi connectivity index (χ0v) is 14.1. The molecule has 3 rings (SSSR count). The fraction of sp³-hybridized carbons (Fsp3) is 0.278. The summed E-state index contributed by atoms with van der Waals surface area (Å²) in [5.41, 5.74) is 1.52. The lowest BCUT2D eigenvalue weighted by Crippen LogP contribution is -2.48. The van der Waals surface area contributed by atoms with Gasteiger partial charge >= 0.3 is 0 Å². The highest BCUT2D eigenvalue weighted by molar-refractivity contribution is 6.32. The lowest BCUT2D eigenvalue weighted by molar-refractivity contribution is 0.0747. The van der Waals surface area contributed by atoms with Crippen LogP contribution in [0.25, 0.3) is 0 Å². The van der Waals surface area contributed by atoms with E-state index in [0.29, 0.717) is 42.5 Å². The second-order valence-corrected chi connectivity index (χ2v) is 6.01. The van der Waals surface area contributed by atoms with E-state index in [4.69, 9.17) is 16.3 Å². The second kappa shape index (κ2) is 7.09. The summed E-state index contributed by atoms with van der Waals surface area (Å²) in [5.74, 6) is 0.261. The monoisotopic (exact) mass is 348 g/mol. The predicted octanol–water partition coefficient (Wildman–Crippen LogP) is 3.45. The van der Waals surface area contributed by atoms with E-state index in [0.717, 1.165) is 5.69 Å². The van der Waals surface area contributed by atoms with E-state index in [1.165, 1.54) is 19.2 Å². The fourth-order valence-electron chi connectivity index (χ4n) is 2.80. The van der Waals surface area contributed by atoms with Gasteiger partial charge in [0, 0.05) is 37.4 Å². The number of carbonyl (C=O) groups excluding carboxylic acids is 1. The molecule has 0 N–H and O–H groups in total. The number of anilines is 1. The van der Waals surface area contributed by atoms with Gasteiger partial charge in [-0.15, -0.1) is 0 Å². The number of halogens is 2. The van der Waals surface area contributed by atoms with Crippen molar-refractivity contribution in [2.75, 3.05) is 38.2 Å². The molecule has 0 radical (unpaired) electrons. The van der Waals surface area contributed by atoms with E-state index < -0.39 is 0 Å². The Morgan fingerprint density at radius 1 is 1.08 bits per heavy atom. The van der Waals surface area contributed by atoms with Crippen LogP contribution >= 0.6 is 11.6 Å². The number of ether oxygens (including phenoxy) is 1. The maximum atomic E-state index is 13.0. The molecular formula is C18H18ClFN2O2. The van der Waals surface area contributed by atoms with E-state index in [-0.39, 0.29) is 11.7 Å². The molecule has 4 nitrogen and oxygen atoms in total. The van der Waals surface area contributed by atoms with Gasteiger partial charge in [0.2, 0.25) is 0 Å². The van der Waals surface area contributed by atoms with Gasteiger partial charge in [0.1, 0.15) is 11.6 Å². The second-order valence-electron chi connectivity index (χ2n) is 5.60. The zero-order chi connectivity index (χ0) is 17.1. The first-order chi connectivity index (χ1) is 11.6. The van der Waals surface area contributed by atoms with Crippen LogP contribution in [0.15, 0.2) is 42.5 Å². The number of carbonyl (C=O) groups is 1. The third kappa shape index (κ3) is 3.46. The zero-order valence-electron chi connectivity index (χ0n) is 13.3. The van der Waals surface area contributed by atoms with Crippen molar-refractivity contribution in [3.8, 4) is 5.75 Å². The molecule has 1 aliphatic heterocycles. The van der Waals surface area contributed by atoms with Gasteiger partial charge in [-0.1, -0.05) is 11.6 Å². The van der Waals surface area contributed by atoms with Crippen molar-refractivity contribution in [1.82, 2.24) is 4.90 Å². The highest BCUT2D eigenvalue weighted by atomic mass is 35.5. The van der Waals surface area contributed by atoms with Crippen molar-refractivity contribution in [1.29, 1.82) is 0 Å². The van der Waals surface area contributed by atoms with Crippen LogP contribution < -0.4 is 9.64 Å². The third-order valence-corrected chi connectivity index (χ3v) is 4.45. The van der Waals surface area contributed by atoms with Gasteiger partial charge < -0.3 is 14.5 Å². The SMILES string of the molecule is COc1ccc(C(=O)N2CCN(c3ccc(F)cc3)CC2)cc1Cl. The van der Waals surface area contributed by atoms with Crippen LogP contribution in [0.1, 0.15) is 10.4 Å². The minimum atomic E-state index is -0.246. The molecule has 126 valence electrons. The van der Waals surface area contributed by atoms with Crippen LogP contribution in [0, 0.1) is 5.82 Å². The first-order valence-corrected chi connectivity index (χ1v) is 8.09. The van der Waals surface area contributed by atoms with Crippen LogP contribution in [0.2, 0.25) is 5.02 Å². The summed E-state index contributed by atoms with van der Waals surface area (Å²) in [5, 5.41) is 0.424. The summed E-state index contributed by atoms with van der Waals surface area (Å²) in [6.45, 7) is 2.64. The van der Waals surface area contributed by atoms with E-state index in [2.05, 4.69) is 4.90 Å². The molecule has 0 unspecified atom stereocenters. The van der Waals surface area contributed by atoms with Gasteiger partial charge in [-0.3, -0.25) is 4.79 Å². The molecule has 2 aromatic rings. The standard InChI is InChI=1S/C18H18ClFN2O2/c1-24-17-7-2-13(12-16(17)19)18(23)22-10-8-21(9-11-22)15-5-3-14(20)4-6-15/h2-7,12H,8-11H2,1H3. The number of hydrogen-bond donors (Lipinski definition) is 0. The summed E-state index contributed by atoms with van der Waals surface area (Å²) in [4.78, 5) is 16.5. The summed E-state index contributed by atoms with van der Waals surface area (Å²) in [6.07, 6.45) is 0. The molecule has 6 heteroatoms. The fourth-order valence-corrected chi connectivity index (χ4v) is 3.06. The van der Waals surface area contributed by atoms with Crippen molar-refractivity contribution in [3.05, 3.63) is 58.9 Å². The molecular weight excluding hydrogens is 331 g/mol. The third-order valence-electron chi connectivity index (χ3n) is 4.16. The summed E-state index contributed by atoms with van der Waals surface area (Å²) >= 11 is 6.09. The van der Waals surface area contributed by atoms with E-state index >= 15 is 0 Å². The molecule has 0 spiro atoms. The van der Waals surface area contributed by atoms with Gasteiger partial charge in [0.05, 0.1) is 12.1 Å². The average Bonchev–Trinajstić information content (AvgIpc) is 2.62.